The van der Waals surface area contributed by atoms with E-state index in [4.69, 9.17) is 4.74 Å². The number of imidazole rings is 1. The van der Waals surface area contributed by atoms with Crippen molar-refractivity contribution in [2.45, 2.75) is 19.4 Å². The van der Waals surface area contributed by atoms with Crippen molar-refractivity contribution in [2.75, 3.05) is 19.0 Å². The lowest BCUT2D eigenvalue weighted by atomic mass is 10.2. The highest BCUT2D eigenvalue weighted by Gasteiger charge is 2.06. The van der Waals surface area contributed by atoms with Crippen molar-refractivity contribution in [2.24, 2.45) is 0 Å². The number of aromatic nitrogens is 2. The van der Waals surface area contributed by atoms with Gasteiger partial charge in [-0.05, 0) is 25.5 Å². The Balaban J connectivity index is 2.13. The number of hydrogen-bond donors (Lipinski definition) is 1. The zero-order chi connectivity index (χ0) is 12.8. The number of benzene rings is 1. The van der Waals surface area contributed by atoms with E-state index in [-0.39, 0.29) is 0 Å². The zero-order valence-electron chi connectivity index (χ0n) is 10.8. The molecule has 0 aliphatic carbocycles. The Morgan fingerprint density at radius 1 is 1.39 bits per heavy atom. The van der Waals surface area contributed by atoms with Gasteiger partial charge >= 0.3 is 0 Å². The van der Waals surface area contributed by atoms with Gasteiger partial charge in [-0.1, -0.05) is 12.1 Å². The molecule has 1 atom stereocenters. The average molecular weight is 245 g/mol. The summed E-state index contributed by atoms with van der Waals surface area (Å²) in [5.74, 6) is 0. The van der Waals surface area contributed by atoms with Crippen molar-refractivity contribution in [3.63, 3.8) is 0 Å². The highest BCUT2D eigenvalue weighted by atomic mass is 16.5. The van der Waals surface area contributed by atoms with Gasteiger partial charge in [-0.15, -0.1) is 0 Å². The Hall–Kier alpha value is -1.81. The van der Waals surface area contributed by atoms with Crippen LogP contribution in [0.1, 0.15) is 13.3 Å². The molecule has 18 heavy (non-hydrogen) atoms. The van der Waals surface area contributed by atoms with E-state index in [1.165, 1.54) is 0 Å². The number of nitrogens with one attached hydrogen (secondary N) is 1. The minimum absolute atomic E-state index is 0.370. The third-order valence-electron chi connectivity index (χ3n) is 2.84. The smallest absolute Gasteiger partial charge is 0.0992 e. The molecular formula is C14H19N3O. The monoisotopic (exact) mass is 245 g/mol. The largest absolute Gasteiger partial charge is 0.385 e. The summed E-state index contributed by atoms with van der Waals surface area (Å²) in [5, 5.41) is 3.50. The molecule has 2 aromatic rings. The first-order valence-corrected chi connectivity index (χ1v) is 6.14. The minimum Gasteiger partial charge on any atom is -0.385 e. The van der Waals surface area contributed by atoms with Crippen molar-refractivity contribution in [1.82, 2.24) is 9.55 Å². The van der Waals surface area contributed by atoms with Crippen LogP contribution >= 0.6 is 0 Å². The van der Waals surface area contributed by atoms with Crippen LogP contribution in [0.5, 0.6) is 0 Å². The van der Waals surface area contributed by atoms with Crippen LogP contribution in [0.4, 0.5) is 5.69 Å². The molecule has 0 bridgehead atoms. The average Bonchev–Trinajstić information content (AvgIpc) is 2.91. The fraction of sp³-hybridized carbons (Fsp3) is 0.357. The molecule has 1 heterocycles. The maximum Gasteiger partial charge on any atom is 0.0992 e. The maximum absolute atomic E-state index is 5.10. The third-order valence-corrected chi connectivity index (χ3v) is 2.84. The standard InChI is InChI=1S/C14H19N3O/c1-12(7-10-18-2)16-13-5-3-4-6-14(13)17-9-8-15-11-17/h3-6,8-9,11-12,16H,7,10H2,1-2H3. The first-order chi connectivity index (χ1) is 8.81. The van der Waals surface area contributed by atoms with E-state index >= 15 is 0 Å². The number of para-hydroxylation sites is 2. The molecule has 4 nitrogen and oxygen atoms in total. The Bertz CT molecular complexity index is 468. The molecule has 0 saturated carbocycles. The van der Waals surface area contributed by atoms with Crippen LogP contribution in [-0.4, -0.2) is 29.3 Å². The lowest BCUT2D eigenvalue weighted by Gasteiger charge is -2.18. The third kappa shape index (κ3) is 3.11. The Morgan fingerprint density at radius 2 is 2.22 bits per heavy atom. The molecular weight excluding hydrogens is 226 g/mol. The molecule has 1 aromatic carbocycles. The van der Waals surface area contributed by atoms with Gasteiger partial charge in [0.25, 0.3) is 0 Å². The highest BCUT2D eigenvalue weighted by molar-refractivity contribution is 5.61. The summed E-state index contributed by atoms with van der Waals surface area (Å²) < 4.78 is 7.10. The van der Waals surface area contributed by atoms with Crippen molar-refractivity contribution >= 4 is 5.69 Å². The summed E-state index contributed by atoms with van der Waals surface area (Å²) in [5.41, 5.74) is 2.22. The normalized spacial score (nSPS) is 12.3. The molecule has 0 radical (unpaired) electrons. The Morgan fingerprint density at radius 3 is 2.94 bits per heavy atom. The van der Waals surface area contributed by atoms with Crippen molar-refractivity contribution < 1.29 is 4.74 Å². The van der Waals surface area contributed by atoms with Gasteiger partial charge in [0.05, 0.1) is 17.7 Å². The molecule has 1 N–H and O–H groups in total. The van der Waals surface area contributed by atoms with E-state index in [9.17, 15) is 0 Å². The number of anilines is 1. The molecule has 0 aliphatic heterocycles. The highest BCUT2D eigenvalue weighted by Crippen LogP contribution is 2.20. The van der Waals surface area contributed by atoms with Gasteiger partial charge in [-0.2, -0.15) is 0 Å². The molecule has 1 unspecified atom stereocenters. The predicted molar refractivity (Wildman–Crippen MR) is 73.1 cm³/mol. The van der Waals surface area contributed by atoms with Crippen LogP contribution < -0.4 is 5.32 Å². The van der Waals surface area contributed by atoms with E-state index in [2.05, 4.69) is 29.4 Å². The fourth-order valence-corrected chi connectivity index (χ4v) is 1.85. The van der Waals surface area contributed by atoms with Crippen LogP contribution in [0.25, 0.3) is 5.69 Å². The van der Waals surface area contributed by atoms with Crippen LogP contribution in [-0.2, 0) is 4.74 Å². The number of rotatable bonds is 6. The molecule has 4 heteroatoms. The summed E-state index contributed by atoms with van der Waals surface area (Å²) in [4.78, 5) is 4.08. The second kappa shape index (κ2) is 6.21. The van der Waals surface area contributed by atoms with Crippen LogP contribution in [0.3, 0.4) is 0 Å². The fourth-order valence-electron chi connectivity index (χ4n) is 1.85. The van der Waals surface area contributed by atoms with Crippen molar-refractivity contribution in [1.29, 1.82) is 0 Å². The lowest BCUT2D eigenvalue weighted by molar-refractivity contribution is 0.191. The van der Waals surface area contributed by atoms with E-state index in [0.29, 0.717) is 6.04 Å². The van der Waals surface area contributed by atoms with Crippen molar-refractivity contribution in [3.8, 4) is 5.69 Å². The Labute approximate surface area is 108 Å². The second-order valence-corrected chi connectivity index (χ2v) is 4.31. The van der Waals surface area contributed by atoms with Crippen molar-refractivity contribution in [3.05, 3.63) is 43.0 Å². The SMILES string of the molecule is COCCC(C)Nc1ccccc1-n1ccnc1. The van der Waals surface area contributed by atoms with E-state index < -0.39 is 0 Å². The summed E-state index contributed by atoms with van der Waals surface area (Å²) in [7, 11) is 1.73. The molecule has 0 saturated heterocycles. The van der Waals surface area contributed by atoms with Gasteiger partial charge in [0, 0.05) is 32.2 Å². The first kappa shape index (κ1) is 12.6. The Kier molecular flexibility index (Phi) is 4.36. The number of methoxy groups -OCH3 is 1. The quantitative estimate of drug-likeness (QED) is 0.850. The molecule has 0 aliphatic rings. The maximum atomic E-state index is 5.10. The summed E-state index contributed by atoms with van der Waals surface area (Å²) in [6.45, 7) is 2.92. The topological polar surface area (TPSA) is 39.1 Å². The van der Waals surface area contributed by atoms with E-state index in [0.717, 1.165) is 24.4 Å². The van der Waals surface area contributed by atoms with Gasteiger partial charge in [-0.3, -0.25) is 0 Å². The molecule has 2 rings (SSSR count). The summed E-state index contributed by atoms with van der Waals surface area (Å²) in [6, 6.07) is 8.59. The second-order valence-electron chi connectivity index (χ2n) is 4.31. The number of hydrogen-bond acceptors (Lipinski definition) is 3. The first-order valence-electron chi connectivity index (χ1n) is 6.14. The van der Waals surface area contributed by atoms with Crippen LogP contribution in [0.2, 0.25) is 0 Å². The van der Waals surface area contributed by atoms with Crippen LogP contribution in [0, 0.1) is 0 Å². The summed E-state index contributed by atoms with van der Waals surface area (Å²) >= 11 is 0. The van der Waals surface area contributed by atoms with Gasteiger partial charge in [0.15, 0.2) is 0 Å². The lowest BCUT2D eigenvalue weighted by Crippen LogP contribution is -2.18. The minimum atomic E-state index is 0.370. The molecule has 0 spiro atoms. The summed E-state index contributed by atoms with van der Waals surface area (Å²) in [6.07, 6.45) is 6.51. The van der Waals surface area contributed by atoms with Crippen LogP contribution in [0.15, 0.2) is 43.0 Å². The number of ether oxygens (including phenoxy) is 1. The van der Waals surface area contributed by atoms with E-state index in [1.807, 2.05) is 22.9 Å². The number of nitrogens with zero attached hydrogens (tertiary/aromatic N) is 2. The molecule has 0 amide bonds. The zero-order valence-corrected chi connectivity index (χ0v) is 10.8. The predicted octanol–water partition coefficient (Wildman–Crippen LogP) is 2.71. The van der Waals surface area contributed by atoms with Gasteiger partial charge in [0.1, 0.15) is 0 Å². The van der Waals surface area contributed by atoms with Gasteiger partial charge in [0.2, 0.25) is 0 Å². The van der Waals surface area contributed by atoms with Gasteiger partial charge < -0.3 is 14.6 Å². The van der Waals surface area contributed by atoms with E-state index in [1.54, 1.807) is 19.6 Å². The molecule has 0 fully saturated rings. The molecule has 96 valence electrons. The molecule has 1 aromatic heterocycles. The van der Waals surface area contributed by atoms with Gasteiger partial charge in [-0.25, -0.2) is 4.98 Å².